The Morgan fingerprint density at radius 2 is 1.11 bits per heavy atom. The number of amides is 4. The summed E-state index contributed by atoms with van der Waals surface area (Å²) in [6.45, 7) is 13.1. The van der Waals surface area contributed by atoms with E-state index in [-0.39, 0.29) is 84.2 Å². The molecule has 6 aliphatic rings. The van der Waals surface area contributed by atoms with E-state index in [4.69, 9.17) is 28.4 Å². The fourth-order valence-corrected chi connectivity index (χ4v) is 9.19. The van der Waals surface area contributed by atoms with Gasteiger partial charge in [0.1, 0.15) is 25.4 Å². The van der Waals surface area contributed by atoms with Gasteiger partial charge in [-0.25, -0.2) is 54.3 Å². The number of aromatic carboxylic acids is 1. The number of carboxylic acid groups (broad SMARTS) is 1. The van der Waals surface area contributed by atoms with Crippen molar-refractivity contribution in [2.45, 2.75) is 128 Å². The van der Waals surface area contributed by atoms with E-state index >= 15 is 0 Å². The molecular formula is C49H61F6N15O11. The average molecular weight is 1150 g/mol. The molecule has 0 aromatic carbocycles. The molecule has 0 saturated carbocycles. The van der Waals surface area contributed by atoms with Gasteiger partial charge in [-0.2, -0.15) is 26.3 Å². The van der Waals surface area contributed by atoms with E-state index in [1.54, 1.807) is 0 Å². The van der Waals surface area contributed by atoms with Crippen molar-refractivity contribution in [1.29, 1.82) is 0 Å². The van der Waals surface area contributed by atoms with Gasteiger partial charge in [0.25, 0.3) is 0 Å². The molecule has 26 nitrogen and oxygen atoms in total. The van der Waals surface area contributed by atoms with Crippen molar-refractivity contribution in [3.63, 3.8) is 0 Å². The Bertz CT molecular complexity index is 2890. The van der Waals surface area contributed by atoms with E-state index in [0.717, 1.165) is 39.7 Å². The number of piperidine rings is 2. The SMILES string of the molecule is CC1(C)OC[C@H](COc2cnc(NC(=O)N3c4nc(C(=O)O)ncc4N4CCC[C@H]3C4)cn2)O1.C[C@@H](CC(=O)c1ncc2c(n1)N(C(=O)Nc1cnc(OC[C@H]3COC(C)(C)O3)cn1)[C@H]1CCCN2C1)C(F)(F)F.C[C@@H](N)C(F)(F)F. The van der Waals surface area contributed by atoms with Gasteiger partial charge in [-0.3, -0.25) is 25.2 Å². The number of hydrogen-bond donors (Lipinski definition) is 4. The summed E-state index contributed by atoms with van der Waals surface area (Å²) >= 11 is 0. The Labute approximate surface area is 459 Å². The smallest absolute Gasteiger partial charge is 0.403 e. The molecule has 4 bridgehead atoms. The van der Waals surface area contributed by atoms with Gasteiger partial charge in [-0.15, -0.1) is 0 Å². The lowest BCUT2D eigenvalue weighted by Gasteiger charge is -2.45. The quantitative estimate of drug-likeness (QED) is 0.0933. The van der Waals surface area contributed by atoms with Gasteiger partial charge in [0.15, 0.2) is 40.7 Å². The molecule has 10 rings (SSSR count). The summed E-state index contributed by atoms with van der Waals surface area (Å²) in [7, 11) is 0. The number of nitrogens with zero attached hydrogens (tertiary/aromatic N) is 12. The lowest BCUT2D eigenvalue weighted by atomic mass is 10.00. The van der Waals surface area contributed by atoms with Gasteiger partial charge in [-0.05, 0) is 60.3 Å². The molecule has 4 saturated heterocycles. The second-order valence-electron chi connectivity index (χ2n) is 20.6. The summed E-state index contributed by atoms with van der Waals surface area (Å²) in [5.41, 5.74) is 5.61. The molecule has 4 aromatic rings. The molecule has 4 fully saturated rings. The number of urea groups is 2. The van der Waals surface area contributed by atoms with E-state index in [0.29, 0.717) is 50.6 Å². The minimum atomic E-state index is -4.52. The van der Waals surface area contributed by atoms with Crippen molar-refractivity contribution in [2.75, 3.05) is 82.8 Å². The highest BCUT2D eigenvalue weighted by Crippen LogP contribution is 2.40. The van der Waals surface area contributed by atoms with Crippen molar-refractivity contribution in [1.82, 2.24) is 39.9 Å². The van der Waals surface area contributed by atoms with Crippen molar-refractivity contribution < 1.29 is 79.0 Å². The molecule has 6 aliphatic heterocycles. The largest absolute Gasteiger partial charge is 0.475 e. The molecule has 81 heavy (non-hydrogen) atoms. The third-order valence-corrected chi connectivity index (χ3v) is 13.3. The number of nitrogens with two attached hydrogens (primary N) is 1. The lowest BCUT2D eigenvalue weighted by Crippen LogP contribution is -2.56. The van der Waals surface area contributed by atoms with E-state index in [1.165, 1.54) is 47.0 Å². The van der Waals surface area contributed by atoms with Crippen LogP contribution in [-0.4, -0.2) is 176 Å². The number of carboxylic acids is 1. The van der Waals surface area contributed by atoms with Gasteiger partial charge in [-0.1, -0.05) is 6.92 Å². The Balaban J connectivity index is 0.000000192. The zero-order chi connectivity index (χ0) is 58.6. The number of carbonyl (C=O) groups excluding carboxylic acids is 3. The molecule has 0 aliphatic carbocycles. The summed E-state index contributed by atoms with van der Waals surface area (Å²) in [5.74, 6) is -4.63. The molecule has 0 spiro atoms. The van der Waals surface area contributed by atoms with Crippen LogP contribution in [0.5, 0.6) is 11.8 Å². The Morgan fingerprint density at radius 3 is 1.48 bits per heavy atom. The molecule has 6 atom stereocenters. The third kappa shape index (κ3) is 15.1. The number of carbonyl (C=O) groups is 4. The highest BCUT2D eigenvalue weighted by molar-refractivity contribution is 6.05. The number of fused-ring (bicyclic) bond motifs is 8. The predicted molar refractivity (Wildman–Crippen MR) is 273 cm³/mol. The van der Waals surface area contributed by atoms with Crippen LogP contribution in [-0.2, 0) is 18.9 Å². The topological polar surface area (TPSA) is 310 Å². The Morgan fingerprint density at radius 1 is 0.679 bits per heavy atom. The van der Waals surface area contributed by atoms with Gasteiger partial charge >= 0.3 is 30.4 Å². The second-order valence-corrected chi connectivity index (χ2v) is 20.6. The third-order valence-electron chi connectivity index (χ3n) is 13.3. The molecular weight excluding hydrogens is 1090 g/mol. The predicted octanol–water partition coefficient (Wildman–Crippen LogP) is 6.00. The Hall–Kier alpha value is -7.42. The van der Waals surface area contributed by atoms with Crippen LogP contribution in [0.4, 0.5) is 70.6 Å². The van der Waals surface area contributed by atoms with Crippen molar-refractivity contribution in [3.05, 3.63) is 48.8 Å². The number of nitrogens with one attached hydrogen (secondary N) is 2. The highest BCUT2D eigenvalue weighted by Gasteiger charge is 2.43. The minimum absolute atomic E-state index is 0.147. The first kappa shape index (κ1) is 59.7. The molecule has 32 heteroatoms. The van der Waals surface area contributed by atoms with Crippen LogP contribution in [0, 0.1) is 5.92 Å². The maximum absolute atomic E-state index is 13.4. The lowest BCUT2D eigenvalue weighted by molar-refractivity contribution is -0.168. The van der Waals surface area contributed by atoms with Crippen LogP contribution in [0.2, 0.25) is 0 Å². The number of hydrogen-bond acceptors (Lipinski definition) is 21. The number of rotatable bonds is 12. The first-order valence-corrected chi connectivity index (χ1v) is 25.8. The van der Waals surface area contributed by atoms with Gasteiger partial charge in [0.05, 0.1) is 85.8 Å². The van der Waals surface area contributed by atoms with Gasteiger partial charge in [0, 0.05) is 32.6 Å². The summed E-state index contributed by atoms with van der Waals surface area (Å²) < 4.78 is 106. The summed E-state index contributed by atoms with van der Waals surface area (Å²) in [5, 5.41) is 14.7. The fraction of sp³-hybridized carbons (Fsp3) is 0.592. The maximum Gasteiger partial charge on any atom is 0.403 e. The van der Waals surface area contributed by atoms with Crippen molar-refractivity contribution in [2.24, 2.45) is 11.7 Å². The standard InChI is InChI=1S/C25H30F3N7O5.C21H25N7O6.C3H6F3N/c1-14(25(26,27)28)7-18(36)21-31-8-17-22(33-21)35(15-5-4-6-34(17)11-15)23(37)32-19-9-30-20(10-29-19)38-12-16-13-39-24(2,3)40-16;1-21(2)33-11-13(34-21)10-32-16-8-22-15(7-23-16)25-20(31)28-12-4-3-5-27(9-12)14-6-24-17(19(29)30)26-18(14)28;1-2(7)3(4,5)6/h8-10,14-16H,4-7,11-13H2,1-3H3,(H,29,32,37);6-8,12-13H,3-5,9-11H2,1-2H3,(H,29,30)(H,22,25,31);2H,7H2,1H3/t14-,15-,16-;12-,13-;2-/m001/s1. The molecule has 5 N–H and O–H groups in total. The summed E-state index contributed by atoms with van der Waals surface area (Å²) in [4.78, 5) is 90.8. The molecule has 4 aromatic heterocycles. The average Bonchev–Trinajstić information content (AvgIpc) is 4.15. The second kappa shape index (κ2) is 24.4. The minimum Gasteiger partial charge on any atom is -0.475 e. The fourth-order valence-electron chi connectivity index (χ4n) is 9.19. The van der Waals surface area contributed by atoms with Gasteiger partial charge < -0.3 is 49.1 Å². The molecule has 4 amide bonds. The van der Waals surface area contributed by atoms with Crippen LogP contribution < -0.4 is 45.4 Å². The first-order valence-electron chi connectivity index (χ1n) is 25.8. The van der Waals surface area contributed by atoms with Gasteiger partial charge in [0.2, 0.25) is 23.4 Å². The molecule has 0 unspecified atom stereocenters. The van der Waals surface area contributed by atoms with Crippen LogP contribution in [0.3, 0.4) is 0 Å². The number of Topliss-reactive ketones (excluding diaryl/α,β-unsaturated/α-hetero) is 1. The number of alkyl halides is 6. The zero-order valence-corrected chi connectivity index (χ0v) is 44.9. The maximum atomic E-state index is 13.4. The Kier molecular flexibility index (Phi) is 17.9. The van der Waals surface area contributed by atoms with Crippen LogP contribution in [0.15, 0.2) is 37.2 Å². The monoisotopic (exact) mass is 1150 g/mol. The summed E-state index contributed by atoms with van der Waals surface area (Å²) in [6, 6.07) is -3.14. The van der Waals surface area contributed by atoms with E-state index in [9.17, 15) is 50.6 Å². The zero-order valence-electron chi connectivity index (χ0n) is 44.9. The normalized spacial score (nSPS) is 22.1. The number of aromatic nitrogens is 8. The van der Waals surface area contributed by atoms with Crippen LogP contribution in [0.1, 0.15) is 94.9 Å². The van der Waals surface area contributed by atoms with Crippen molar-refractivity contribution in [3.8, 4) is 11.8 Å². The van der Waals surface area contributed by atoms with Crippen molar-refractivity contribution >= 4 is 58.5 Å². The number of anilines is 6. The number of ketones is 1. The first-order chi connectivity index (χ1) is 38.1. The number of ether oxygens (including phenoxy) is 6. The molecule has 0 radical (unpaired) electrons. The van der Waals surface area contributed by atoms with E-state index in [1.807, 2.05) is 32.6 Å². The number of halogens is 6. The van der Waals surface area contributed by atoms with Crippen LogP contribution >= 0.6 is 0 Å². The van der Waals surface area contributed by atoms with Crippen LogP contribution in [0.25, 0.3) is 0 Å². The molecule has 10 heterocycles. The van der Waals surface area contributed by atoms with E-state index in [2.05, 4.69) is 61.1 Å². The highest BCUT2D eigenvalue weighted by atomic mass is 19.4. The summed E-state index contributed by atoms with van der Waals surface area (Å²) in [6.07, 6.45) is 1.55. The molecule has 440 valence electrons. The van der Waals surface area contributed by atoms with E-state index < -0.39 is 66.1 Å².